The number of aliphatic hydroxyl groups is 1. The van der Waals surface area contributed by atoms with Crippen LogP contribution in [-0.2, 0) is 11.3 Å². The lowest BCUT2D eigenvalue weighted by Gasteiger charge is -2.33. The number of benzene rings is 1. The van der Waals surface area contributed by atoms with Crippen LogP contribution < -0.4 is 4.74 Å². The van der Waals surface area contributed by atoms with Crippen molar-refractivity contribution in [1.82, 2.24) is 4.90 Å². The van der Waals surface area contributed by atoms with Gasteiger partial charge in [0.25, 0.3) is 0 Å². The molecule has 0 bridgehead atoms. The van der Waals surface area contributed by atoms with Crippen LogP contribution >= 0.6 is 0 Å². The molecular formula is C17H20F3NO3. The third-order valence-electron chi connectivity index (χ3n) is 5.04. The van der Waals surface area contributed by atoms with Crippen molar-refractivity contribution in [3.63, 3.8) is 0 Å². The highest BCUT2D eigenvalue weighted by molar-refractivity contribution is 5.85. The first-order valence-electron chi connectivity index (χ1n) is 8.10. The molecule has 1 saturated heterocycles. The summed E-state index contributed by atoms with van der Waals surface area (Å²) >= 11 is 0. The van der Waals surface area contributed by atoms with Crippen molar-refractivity contribution in [3.05, 3.63) is 29.8 Å². The summed E-state index contributed by atoms with van der Waals surface area (Å²) in [5.41, 5.74) is 0.421. The van der Waals surface area contributed by atoms with Gasteiger partial charge in [0.15, 0.2) is 0 Å². The van der Waals surface area contributed by atoms with E-state index in [-0.39, 0.29) is 23.2 Å². The average Bonchev–Trinajstić information content (AvgIpc) is 2.81. The first-order chi connectivity index (χ1) is 11.3. The fourth-order valence-corrected chi connectivity index (χ4v) is 3.68. The number of carbonyl (C=O) groups is 1. The van der Waals surface area contributed by atoms with Gasteiger partial charge in [0.05, 0.1) is 11.5 Å². The number of nitrogens with zero attached hydrogens (tertiary/aromatic N) is 1. The van der Waals surface area contributed by atoms with Gasteiger partial charge >= 0.3 is 6.36 Å². The van der Waals surface area contributed by atoms with Crippen LogP contribution in [-0.4, -0.2) is 34.9 Å². The molecule has 1 amide bonds. The molecule has 1 aromatic carbocycles. The van der Waals surface area contributed by atoms with Crippen LogP contribution in [0, 0.1) is 5.41 Å². The summed E-state index contributed by atoms with van der Waals surface area (Å²) < 4.78 is 40.3. The molecular weight excluding hydrogens is 323 g/mol. The number of halogens is 3. The summed E-state index contributed by atoms with van der Waals surface area (Å²) in [6, 6.07) is 5.61. The number of alkyl halides is 3. The van der Waals surface area contributed by atoms with Gasteiger partial charge < -0.3 is 14.7 Å². The fourth-order valence-electron chi connectivity index (χ4n) is 3.68. The second kappa shape index (κ2) is 6.27. The smallest absolute Gasteiger partial charge is 0.406 e. The van der Waals surface area contributed by atoms with Gasteiger partial charge in [-0.25, -0.2) is 0 Å². The Morgan fingerprint density at radius 1 is 1.17 bits per heavy atom. The summed E-state index contributed by atoms with van der Waals surface area (Å²) in [4.78, 5) is 14.5. The van der Waals surface area contributed by atoms with Gasteiger partial charge in [-0.1, -0.05) is 12.1 Å². The molecule has 24 heavy (non-hydrogen) atoms. The van der Waals surface area contributed by atoms with Crippen molar-refractivity contribution in [3.8, 4) is 5.75 Å². The van der Waals surface area contributed by atoms with E-state index in [4.69, 9.17) is 0 Å². The van der Waals surface area contributed by atoms with Gasteiger partial charge in [0.1, 0.15) is 5.75 Å². The normalized spacial score (nSPS) is 27.8. The number of rotatable bonds is 3. The number of carbonyl (C=O) groups excluding carboxylic acids is 1. The summed E-state index contributed by atoms with van der Waals surface area (Å²) in [5, 5.41) is 9.63. The van der Waals surface area contributed by atoms with E-state index in [1.807, 2.05) is 0 Å². The first kappa shape index (κ1) is 17.1. The lowest BCUT2D eigenvalue weighted by molar-refractivity contribution is -0.274. The Bertz CT molecular complexity index is 592. The van der Waals surface area contributed by atoms with E-state index < -0.39 is 6.36 Å². The Morgan fingerprint density at radius 3 is 2.38 bits per heavy atom. The maximum atomic E-state index is 12.7. The lowest BCUT2D eigenvalue weighted by atomic mass is 9.72. The predicted molar refractivity (Wildman–Crippen MR) is 80.1 cm³/mol. The minimum atomic E-state index is -4.70. The van der Waals surface area contributed by atoms with Crippen molar-refractivity contribution >= 4 is 5.91 Å². The minimum Gasteiger partial charge on any atom is -0.406 e. The quantitative estimate of drug-likeness (QED) is 0.917. The van der Waals surface area contributed by atoms with Crippen molar-refractivity contribution < 1.29 is 27.8 Å². The Kier molecular flexibility index (Phi) is 4.46. The van der Waals surface area contributed by atoms with Crippen LogP contribution in [0.15, 0.2) is 24.3 Å². The second-order valence-corrected chi connectivity index (χ2v) is 6.68. The molecule has 0 unspecified atom stereocenters. The van der Waals surface area contributed by atoms with E-state index >= 15 is 0 Å². The Balaban J connectivity index is 1.62. The molecule has 1 aliphatic heterocycles. The number of amides is 1. The van der Waals surface area contributed by atoms with Crippen molar-refractivity contribution in [2.75, 3.05) is 6.54 Å². The van der Waals surface area contributed by atoms with Crippen molar-refractivity contribution in [1.29, 1.82) is 0 Å². The molecule has 1 aliphatic carbocycles. The fraction of sp³-hybridized carbons (Fsp3) is 0.588. The van der Waals surface area contributed by atoms with Gasteiger partial charge in [0, 0.05) is 13.1 Å². The third kappa shape index (κ3) is 3.66. The minimum absolute atomic E-state index is 0.102. The molecule has 4 nitrogen and oxygen atoms in total. The summed E-state index contributed by atoms with van der Waals surface area (Å²) in [5.74, 6) is -0.165. The van der Waals surface area contributed by atoms with Gasteiger partial charge in [-0.05, 0) is 49.8 Å². The van der Waals surface area contributed by atoms with E-state index in [0.717, 1.165) is 12.0 Å². The maximum absolute atomic E-state index is 12.7. The standard InChI is InChI=1S/C17H20F3NO3/c18-17(19,20)24-14-3-1-12(2-4-14)11-21-10-9-16(15(21)23)7-5-13(22)6-8-16/h1-4,13,22H,5-11H2. The summed E-state index contributed by atoms with van der Waals surface area (Å²) in [7, 11) is 0. The van der Waals surface area contributed by atoms with Gasteiger partial charge in [-0.3, -0.25) is 4.79 Å². The molecule has 0 radical (unpaired) electrons. The highest BCUT2D eigenvalue weighted by Gasteiger charge is 2.47. The predicted octanol–water partition coefficient (Wildman–Crippen LogP) is 3.24. The molecule has 1 aromatic rings. The number of ether oxygens (including phenoxy) is 1. The van der Waals surface area contributed by atoms with Crippen molar-refractivity contribution in [2.45, 2.75) is 51.1 Å². The van der Waals surface area contributed by atoms with Gasteiger partial charge in [-0.15, -0.1) is 13.2 Å². The summed E-state index contributed by atoms with van der Waals surface area (Å²) in [6.07, 6.45) is -1.49. The molecule has 1 spiro atoms. The molecule has 7 heteroatoms. The second-order valence-electron chi connectivity index (χ2n) is 6.68. The number of likely N-dealkylation sites (tertiary alicyclic amines) is 1. The summed E-state index contributed by atoms with van der Waals surface area (Å²) in [6.45, 7) is 1.03. The monoisotopic (exact) mass is 343 g/mol. The van der Waals surface area contributed by atoms with Crippen LogP contribution in [0.4, 0.5) is 13.2 Å². The molecule has 3 rings (SSSR count). The zero-order chi connectivity index (χ0) is 17.4. The van der Waals surface area contributed by atoms with Crippen LogP contribution in [0.3, 0.4) is 0 Å². The molecule has 1 heterocycles. The van der Waals surface area contributed by atoms with E-state index in [2.05, 4.69) is 4.74 Å². The highest BCUT2D eigenvalue weighted by atomic mass is 19.4. The largest absolute Gasteiger partial charge is 0.573 e. The molecule has 2 fully saturated rings. The lowest BCUT2D eigenvalue weighted by Crippen LogP contribution is -2.38. The number of hydrogen-bond donors (Lipinski definition) is 1. The molecule has 132 valence electrons. The van der Waals surface area contributed by atoms with Crippen molar-refractivity contribution in [2.24, 2.45) is 5.41 Å². The molecule has 1 saturated carbocycles. The van der Waals surface area contributed by atoms with E-state index in [0.29, 0.717) is 38.8 Å². The molecule has 0 atom stereocenters. The Morgan fingerprint density at radius 2 is 1.79 bits per heavy atom. The molecule has 1 N–H and O–H groups in total. The van der Waals surface area contributed by atoms with Gasteiger partial charge in [0.2, 0.25) is 5.91 Å². The average molecular weight is 343 g/mol. The molecule has 0 aromatic heterocycles. The molecule has 2 aliphatic rings. The van der Waals surface area contributed by atoms with E-state index in [9.17, 15) is 23.1 Å². The SMILES string of the molecule is O=C1N(Cc2ccc(OC(F)(F)F)cc2)CCC12CCC(O)CC2. The number of aliphatic hydroxyl groups excluding tert-OH is 1. The number of hydrogen-bond acceptors (Lipinski definition) is 3. The Labute approximate surface area is 138 Å². The van der Waals surface area contributed by atoms with E-state index in [1.165, 1.54) is 12.1 Å². The van der Waals surface area contributed by atoms with Crippen LogP contribution in [0.2, 0.25) is 0 Å². The highest BCUT2D eigenvalue weighted by Crippen LogP contribution is 2.45. The third-order valence-corrected chi connectivity index (χ3v) is 5.04. The van der Waals surface area contributed by atoms with Crippen LogP contribution in [0.5, 0.6) is 5.75 Å². The van der Waals surface area contributed by atoms with Crippen LogP contribution in [0.1, 0.15) is 37.7 Å². The van der Waals surface area contributed by atoms with E-state index in [1.54, 1.807) is 17.0 Å². The Hall–Kier alpha value is -1.76. The zero-order valence-corrected chi connectivity index (χ0v) is 13.2. The topological polar surface area (TPSA) is 49.8 Å². The first-order valence-corrected chi connectivity index (χ1v) is 8.10. The zero-order valence-electron chi connectivity index (χ0n) is 13.2. The van der Waals surface area contributed by atoms with Gasteiger partial charge in [-0.2, -0.15) is 0 Å². The maximum Gasteiger partial charge on any atom is 0.573 e. The van der Waals surface area contributed by atoms with Crippen LogP contribution in [0.25, 0.3) is 0 Å².